The molecule has 29 heavy (non-hydrogen) atoms. The van der Waals surface area contributed by atoms with Crippen molar-refractivity contribution in [3.05, 3.63) is 45.4 Å². The molecule has 1 N–H and O–H groups in total. The highest BCUT2D eigenvalue weighted by Crippen LogP contribution is 2.25. The molecule has 0 aliphatic carbocycles. The molecule has 1 aliphatic heterocycles. The van der Waals surface area contributed by atoms with Crippen molar-refractivity contribution in [1.29, 1.82) is 0 Å². The van der Waals surface area contributed by atoms with Crippen LogP contribution >= 0.6 is 11.3 Å². The van der Waals surface area contributed by atoms with Crippen LogP contribution in [-0.2, 0) is 21.4 Å². The molecular formula is C21H29N3O3S2. The molecule has 0 spiro atoms. The van der Waals surface area contributed by atoms with Gasteiger partial charge in [-0.25, -0.2) is 13.4 Å². The number of aromatic nitrogens is 1. The Morgan fingerprint density at radius 3 is 2.52 bits per heavy atom. The second kappa shape index (κ2) is 8.93. The van der Waals surface area contributed by atoms with Crippen LogP contribution in [0.5, 0.6) is 0 Å². The van der Waals surface area contributed by atoms with Gasteiger partial charge >= 0.3 is 0 Å². The first-order chi connectivity index (χ1) is 13.7. The first-order valence-corrected chi connectivity index (χ1v) is 12.3. The van der Waals surface area contributed by atoms with E-state index in [1.165, 1.54) is 4.31 Å². The first kappa shape index (κ1) is 21.9. The van der Waals surface area contributed by atoms with Crippen LogP contribution in [0.3, 0.4) is 0 Å². The molecule has 6 nitrogen and oxygen atoms in total. The number of piperidine rings is 1. The Bertz CT molecular complexity index is 975. The van der Waals surface area contributed by atoms with Crippen LogP contribution in [0, 0.1) is 19.8 Å². The lowest BCUT2D eigenvalue weighted by atomic mass is 9.97. The van der Waals surface area contributed by atoms with Crippen LogP contribution in [0.15, 0.2) is 28.5 Å². The fourth-order valence-electron chi connectivity index (χ4n) is 3.37. The molecule has 1 saturated heterocycles. The summed E-state index contributed by atoms with van der Waals surface area (Å²) in [6.45, 7) is 9.22. The van der Waals surface area contributed by atoms with Gasteiger partial charge in [-0.1, -0.05) is 19.9 Å². The van der Waals surface area contributed by atoms with E-state index in [9.17, 15) is 13.2 Å². The Hall–Kier alpha value is -1.77. The van der Waals surface area contributed by atoms with Crippen molar-refractivity contribution < 1.29 is 13.2 Å². The van der Waals surface area contributed by atoms with Gasteiger partial charge in [-0.2, -0.15) is 4.31 Å². The molecule has 2 heterocycles. The maximum atomic E-state index is 12.9. The van der Waals surface area contributed by atoms with E-state index in [0.717, 1.165) is 21.8 Å². The molecule has 1 amide bonds. The van der Waals surface area contributed by atoms with Crippen LogP contribution in [0.25, 0.3) is 0 Å². The molecule has 0 unspecified atom stereocenters. The Kier molecular flexibility index (Phi) is 6.76. The molecule has 2 aromatic rings. The molecule has 0 atom stereocenters. The molecule has 158 valence electrons. The molecule has 0 radical (unpaired) electrons. The number of hydrogen-bond donors (Lipinski definition) is 1. The van der Waals surface area contributed by atoms with Gasteiger partial charge in [0.1, 0.15) is 0 Å². The zero-order valence-corrected chi connectivity index (χ0v) is 19.1. The Morgan fingerprint density at radius 1 is 1.24 bits per heavy atom. The van der Waals surface area contributed by atoms with Crippen molar-refractivity contribution in [2.45, 2.75) is 57.9 Å². The number of rotatable bonds is 6. The zero-order chi connectivity index (χ0) is 21.2. The summed E-state index contributed by atoms with van der Waals surface area (Å²) in [5, 5.41) is 6.01. The van der Waals surface area contributed by atoms with Gasteiger partial charge < -0.3 is 5.32 Å². The lowest BCUT2D eigenvalue weighted by Gasteiger charge is -2.30. The van der Waals surface area contributed by atoms with Crippen molar-refractivity contribution in [1.82, 2.24) is 14.6 Å². The zero-order valence-electron chi connectivity index (χ0n) is 17.4. The SMILES string of the molecule is Cc1ccc(S(=O)(=O)N2CCC(C(=O)NCc3csc(C(C)C)n3)CC2)cc1C. The number of amides is 1. The second-order valence-corrected chi connectivity index (χ2v) is 10.8. The van der Waals surface area contributed by atoms with Gasteiger partial charge in [-0.3, -0.25) is 4.79 Å². The highest BCUT2D eigenvalue weighted by Gasteiger charge is 2.32. The van der Waals surface area contributed by atoms with Gasteiger partial charge in [-0.05, 0) is 49.9 Å². The van der Waals surface area contributed by atoms with Gasteiger partial charge in [0.05, 0.1) is 22.1 Å². The second-order valence-electron chi connectivity index (χ2n) is 7.97. The van der Waals surface area contributed by atoms with Crippen molar-refractivity contribution in [3.8, 4) is 0 Å². The summed E-state index contributed by atoms with van der Waals surface area (Å²) in [5.41, 5.74) is 2.91. The van der Waals surface area contributed by atoms with Crippen molar-refractivity contribution >= 4 is 27.3 Å². The Labute approximate surface area is 177 Å². The van der Waals surface area contributed by atoms with Crippen LogP contribution in [0.1, 0.15) is 54.4 Å². The van der Waals surface area contributed by atoms with E-state index in [0.29, 0.717) is 43.3 Å². The minimum Gasteiger partial charge on any atom is -0.350 e. The lowest BCUT2D eigenvalue weighted by Crippen LogP contribution is -2.42. The third-order valence-electron chi connectivity index (χ3n) is 5.45. The first-order valence-electron chi connectivity index (χ1n) is 9.98. The number of carbonyl (C=O) groups excluding carboxylic acids is 1. The topological polar surface area (TPSA) is 79.4 Å². The number of sulfonamides is 1. The maximum Gasteiger partial charge on any atom is 0.243 e. The molecule has 1 aliphatic rings. The van der Waals surface area contributed by atoms with Crippen LogP contribution in [-0.4, -0.2) is 36.7 Å². The van der Waals surface area contributed by atoms with Crippen molar-refractivity contribution in [2.24, 2.45) is 5.92 Å². The van der Waals surface area contributed by atoms with Gasteiger partial charge in [0.25, 0.3) is 0 Å². The molecule has 1 aromatic heterocycles. The minimum absolute atomic E-state index is 0.0210. The summed E-state index contributed by atoms with van der Waals surface area (Å²) in [5.74, 6) is 0.199. The molecular weight excluding hydrogens is 406 g/mol. The monoisotopic (exact) mass is 435 g/mol. The van der Waals surface area contributed by atoms with Gasteiger partial charge in [0, 0.05) is 30.3 Å². The predicted octanol–water partition coefficient (Wildman–Crippen LogP) is 3.60. The fourth-order valence-corrected chi connectivity index (χ4v) is 5.76. The third-order valence-corrected chi connectivity index (χ3v) is 8.54. The lowest BCUT2D eigenvalue weighted by molar-refractivity contribution is -0.126. The number of nitrogens with zero attached hydrogens (tertiary/aromatic N) is 2. The summed E-state index contributed by atoms with van der Waals surface area (Å²) in [6.07, 6.45) is 1.06. The van der Waals surface area contributed by atoms with E-state index >= 15 is 0 Å². The quantitative estimate of drug-likeness (QED) is 0.752. The summed E-state index contributed by atoms with van der Waals surface area (Å²) in [7, 11) is -3.52. The number of hydrogen-bond acceptors (Lipinski definition) is 5. The number of aryl methyl sites for hydroxylation is 2. The van der Waals surface area contributed by atoms with E-state index in [-0.39, 0.29) is 11.8 Å². The summed E-state index contributed by atoms with van der Waals surface area (Å²) >= 11 is 1.61. The number of thiazole rings is 1. The van der Waals surface area contributed by atoms with E-state index in [1.54, 1.807) is 23.5 Å². The normalized spacial score (nSPS) is 16.3. The summed E-state index contributed by atoms with van der Waals surface area (Å²) in [4.78, 5) is 17.4. The predicted molar refractivity (Wildman–Crippen MR) is 115 cm³/mol. The van der Waals surface area contributed by atoms with Crippen LogP contribution in [0.4, 0.5) is 0 Å². The molecule has 1 aromatic carbocycles. The van der Waals surface area contributed by atoms with E-state index < -0.39 is 10.0 Å². The molecule has 0 bridgehead atoms. The highest BCUT2D eigenvalue weighted by atomic mass is 32.2. The average molecular weight is 436 g/mol. The molecule has 3 rings (SSSR count). The smallest absolute Gasteiger partial charge is 0.243 e. The largest absolute Gasteiger partial charge is 0.350 e. The van der Waals surface area contributed by atoms with Crippen molar-refractivity contribution in [3.63, 3.8) is 0 Å². The van der Waals surface area contributed by atoms with Crippen molar-refractivity contribution in [2.75, 3.05) is 13.1 Å². The molecule has 0 saturated carbocycles. The Morgan fingerprint density at radius 2 is 1.93 bits per heavy atom. The van der Waals surface area contributed by atoms with Crippen LogP contribution in [0.2, 0.25) is 0 Å². The summed E-state index contributed by atoms with van der Waals surface area (Å²) < 4.78 is 27.3. The van der Waals surface area contributed by atoms with Gasteiger partial charge in [-0.15, -0.1) is 11.3 Å². The molecule has 1 fully saturated rings. The van der Waals surface area contributed by atoms with E-state index in [4.69, 9.17) is 0 Å². The van der Waals surface area contributed by atoms with Crippen LogP contribution < -0.4 is 5.32 Å². The minimum atomic E-state index is -3.52. The number of nitrogens with one attached hydrogen (secondary N) is 1. The van der Waals surface area contributed by atoms with Gasteiger partial charge in [0.15, 0.2) is 0 Å². The molecule has 8 heteroatoms. The van der Waals surface area contributed by atoms with Gasteiger partial charge in [0.2, 0.25) is 15.9 Å². The Balaban J connectivity index is 1.55. The fraction of sp³-hybridized carbons (Fsp3) is 0.524. The third kappa shape index (κ3) is 5.05. The van der Waals surface area contributed by atoms with E-state index in [1.807, 2.05) is 25.3 Å². The number of benzene rings is 1. The standard InChI is InChI=1S/C21H29N3O3S2/c1-14(2)21-23-18(13-28-21)12-22-20(25)17-7-9-24(10-8-17)29(26,27)19-6-5-15(3)16(4)11-19/h5-6,11,13-14,17H,7-10,12H2,1-4H3,(H,22,25). The summed E-state index contributed by atoms with van der Waals surface area (Å²) in [6, 6.07) is 5.23. The highest BCUT2D eigenvalue weighted by molar-refractivity contribution is 7.89. The maximum absolute atomic E-state index is 12.9. The number of carbonyl (C=O) groups is 1. The average Bonchev–Trinajstić information content (AvgIpc) is 3.17. The van der Waals surface area contributed by atoms with E-state index in [2.05, 4.69) is 24.1 Å².